The van der Waals surface area contributed by atoms with Gasteiger partial charge < -0.3 is 5.32 Å². The van der Waals surface area contributed by atoms with E-state index in [2.05, 4.69) is 15.3 Å². The van der Waals surface area contributed by atoms with E-state index in [1.54, 1.807) is 11.8 Å². The molecule has 124 valence electrons. The van der Waals surface area contributed by atoms with E-state index in [0.717, 1.165) is 12.1 Å². The van der Waals surface area contributed by atoms with Crippen molar-refractivity contribution in [2.24, 2.45) is 0 Å². The lowest BCUT2D eigenvalue weighted by Gasteiger charge is -2.11. The van der Waals surface area contributed by atoms with Gasteiger partial charge in [-0.15, -0.1) is 0 Å². The quantitative estimate of drug-likeness (QED) is 0.855. The van der Waals surface area contributed by atoms with Gasteiger partial charge >= 0.3 is 6.18 Å². The van der Waals surface area contributed by atoms with Gasteiger partial charge in [0.15, 0.2) is 0 Å². The minimum Gasteiger partial charge on any atom is -0.326 e. The number of H-pyrrole nitrogens is 1. The normalized spacial score (nSPS) is 11.7. The highest BCUT2D eigenvalue weighted by Gasteiger charge is 2.30. The molecule has 0 saturated carbocycles. The van der Waals surface area contributed by atoms with E-state index < -0.39 is 11.7 Å². The predicted molar refractivity (Wildman–Crippen MR) is 86.0 cm³/mol. The van der Waals surface area contributed by atoms with Gasteiger partial charge in [0.25, 0.3) is 5.56 Å². The maximum Gasteiger partial charge on any atom is 0.416 e. The van der Waals surface area contributed by atoms with Crippen molar-refractivity contribution in [3.63, 3.8) is 0 Å². The molecular weight excluding hydrogens is 327 g/mol. The zero-order valence-corrected chi connectivity index (χ0v) is 13.4. The Morgan fingerprint density at radius 3 is 2.70 bits per heavy atom. The van der Waals surface area contributed by atoms with E-state index in [-0.39, 0.29) is 17.2 Å². The number of benzene rings is 1. The molecule has 0 saturated heterocycles. The summed E-state index contributed by atoms with van der Waals surface area (Å²) in [5.41, 5.74) is -0.344. The Labute approximate surface area is 135 Å². The summed E-state index contributed by atoms with van der Waals surface area (Å²) in [4.78, 5) is 18.3. The van der Waals surface area contributed by atoms with E-state index in [1.807, 2.05) is 13.8 Å². The Kier molecular flexibility index (Phi) is 5.35. The van der Waals surface area contributed by atoms with Crippen LogP contribution >= 0.6 is 11.8 Å². The van der Waals surface area contributed by atoms with Gasteiger partial charge in [0.1, 0.15) is 0 Å². The first kappa shape index (κ1) is 17.4. The molecule has 0 amide bonds. The van der Waals surface area contributed by atoms with Crippen LogP contribution in [0, 0.1) is 0 Å². The van der Waals surface area contributed by atoms with E-state index in [1.165, 1.54) is 18.2 Å². The van der Waals surface area contributed by atoms with Gasteiger partial charge in [-0.05, 0) is 23.4 Å². The zero-order valence-electron chi connectivity index (χ0n) is 12.6. The monoisotopic (exact) mass is 343 g/mol. The number of alkyl halides is 3. The smallest absolute Gasteiger partial charge is 0.326 e. The standard InChI is InChI=1S/C15H16F3N3OS/c1-9(2)23-8-12-7-13(22)21-14(20-12)19-11-5-3-4-10(6-11)15(16,17)18/h3-7,9H,8H2,1-2H3,(H2,19,20,21,22). The lowest BCUT2D eigenvalue weighted by atomic mass is 10.2. The summed E-state index contributed by atoms with van der Waals surface area (Å²) in [6.45, 7) is 4.05. The number of hydrogen-bond acceptors (Lipinski definition) is 4. The van der Waals surface area contributed by atoms with Crippen molar-refractivity contribution in [1.29, 1.82) is 0 Å². The second-order valence-corrected chi connectivity index (χ2v) is 6.71. The molecule has 1 heterocycles. The van der Waals surface area contributed by atoms with E-state index in [4.69, 9.17) is 0 Å². The fraction of sp³-hybridized carbons (Fsp3) is 0.333. The van der Waals surface area contributed by atoms with Gasteiger partial charge in [0.2, 0.25) is 5.95 Å². The first-order chi connectivity index (χ1) is 10.7. The van der Waals surface area contributed by atoms with Crippen LogP contribution in [-0.2, 0) is 11.9 Å². The predicted octanol–water partition coefficient (Wildman–Crippen LogP) is 4.17. The fourth-order valence-electron chi connectivity index (χ4n) is 1.80. The number of thioether (sulfide) groups is 1. The van der Waals surface area contributed by atoms with Crippen LogP contribution in [0.3, 0.4) is 0 Å². The molecule has 0 fully saturated rings. The molecule has 2 N–H and O–H groups in total. The SMILES string of the molecule is CC(C)SCc1cc(=O)[nH]c(Nc2cccc(C(F)(F)F)c2)n1. The van der Waals surface area contributed by atoms with Crippen LogP contribution in [0.4, 0.5) is 24.8 Å². The van der Waals surface area contributed by atoms with Gasteiger partial charge in [-0.25, -0.2) is 4.98 Å². The second-order valence-electron chi connectivity index (χ2n) is 5.15. The summed E-state index contributed by atoms with van der Waals surface area (Å²) in [5.74, 6) is 0.676. The lowest BCUT2D eigenvalue weighted by Crippen LogP contribution is -2.12. The molecule has 0 aliphatic rings. The number of nitrogens with zero attached hydrogens (tertiary/aromatic N) is 1. The third-order valence-corrected chi connectivity index (χ3v) is 3.94. The van der Waals surface area contributed by atoms with Gasteiger partial charge in [-0.1, -0.05) is 19.9 Å². The van der Waals surface area contributed by atoms with Crippen LogP contribution in [0.15, 0.2) is 35.1 Å². The van der Waals surface area contributed by atoms with Gasteiger partial charge in [-0.3, -0.25) is 9.78 Å². The zero-order chi connectivity index (χ0) is 17.0. The molecule has 0 atom stereocenters. The minimum atomic E-state index is -4.42. The summed E-state index contributed by atoms with van der Waals surface area (Å²) >= 11 is 1.62. The molecule has 0 spiro atoms. The largest absolute Gasteiger partial charge is 0.416 e. The highest BCUT2D eigenvalue weighted by Crippen LogP contribution is 2.31. The molecule has 4 nitrogen and oxygen atoms in total. The number of halogens is 3. The highest BCUT2D eigenvalue weighted by molar-refractivity contribution is 7.99. The molecule has 2 rings (SSSR count). The minimum absolute atomic E-state index is 0.121. The number of rotatable bonds is 5. The van der Waals surface area contributed by atoms with E-state index in [0.29, 0.717) is 16.7 Å². The van der Waals surface area contributed by atoms with Gasteiger partial charge in [0, 0.05) is 17.5 Å². The van der Waals surface area contributed by atoms with Gasteiger partial charge in [-0.2, -0.15) is 24.9 Å². The summed E-state index contributed by atoms with van der Waals surface area (Å²) in [5, 5.41) is 3.09. The molecule has 1 aromatic carbocycles. The van der Waals surface area contributed by atoms with Crippen molar-refractivity contribution in [2.75, 3.05) is 5.32 Å². The Morgan fingerprint density at radius 1 is 1.30 bits per heavy atom. The first-order valence-electron chi connectivity index (χ1n) is 6.90. The molecule has 0 bridgehead atoms. The van der Waals surface area contributed by atoms with Crippen molar-refractivity contribution < 1.29 is 13.2 Å². The second kappa shape index (κ2) is 7.08. The van der Waals surface area contributed by atoms with E-state index in [9.17, 15) is 18.0 Å². The number of anilines is 2. The Balaban J connectivity index is 2.21. The molecule has 1 aromatic heterocycles. The molecule has 23 heavy (non-hydrogen) atoms. The average Bonchev–Trinajstić information content (AvgIpc) is 2.44. The number of nitrogens with one attached hydrogen (secondary N) is 2. The van der Waals surface area contributed by atoms with Gasteiger partial charge in [0.05, 0.1) is 11.3 Å². The molecule has 0 aliphatic carbocycles. The van der Waals surface area contributed by atoms with Crippen molar-refractivity contribution in [3.8, 4) is 0 Å². The van der Waals surface area contributed by atoms with Crippen molar-refractivity contribution in [1.82, 2.24) is 9.97 Å². The molecule has 8 heteroatoms. The maximum absolute atomic E-state index is 12.7. The average molecular weight is 343 g/mol. The molecular formula is C15H16F3N3OS. The lowest BCUT2D eigenvalue weighted by molar-refractivity contribution is -0.137. The molecule has 0 unspecified atom stereocenters. The van der Waals surface area contributed by atoms with Crippen molar-refractivity contribution in [2.45, 2.75) is 31.0 Å². The van der Waals surface area contributed by atoms with Crippen LogP contribution < -0.4 is 10.9 Å². The summed E-state index contributed by atoms with van der Waals surface area (Å²) in [7, 11) is 0. The van der Waals surface area contributed by atoms with Crippen LogP contribution in [0.25, 0.3) is 0 Å². The number of hydrogen-bond donors (Lipinski definition) is 2. The summed E-state index contributed by atoms with van der Waals surface area (Å²) in [6.07, 6.45) is -4.42. The maximum atomic E-state index is 12.7. The molecule has 0 aliphatic heterocycles. The Morgan fingerprint density at radius 2 is 2.04 bits per heavy atom. The van der Waals surface area contributed by atoms with Crippen molar-refractivity contribution >= 4 is 23.4 Å². The molecule has 0 radical (unpaired) electrons. The topological polar surface area (TPSA) is 57.8 Å². The molecule has 2 aromatic rings. The van der Waals surface area contributed by atoms with Crippen LogP contribution in [0.5, 0.6) is 0 Å². The van der Waals surface area contributed by atoms with Crippen molar-refractivity contribution in [3.05, 3.63) is 51.9 Å². The Hall–Kier alpha value is -1.96. The third-order valence-electron chi connectivity index (χ3n) is 2.81. The van der Waals surface area contributed by atoms with Crippen LogP contribution in [-0.4, -0.2) is 15.2 Å². The van der Waals surface area contributed by atoms with Crippen LogP contribution in [0.2, 0.25) is 0 Å². The van der Waals surface area contributed by atoms with Crippen LogP contribution in [0.1, 0.15) is 25.1 Å². The number of aromatic nitrogens is 2. The van der Waals surface area contributed by atoms with E-state index >= 15 is 0 Å². The summed E-state index contributed by atoms with van der Waals surface area (Å²) < 4.78 is 38.1. The highest BCUT2D eigenvalue weighted by atomic mass is 32.2. The summed E-state index contributed by atoms with van der Waals surface area (Å²) in [6, 6.07) is 6.10. The number of aromatic amines is 1. The fourth-order valence-corrected chi connectivity index (χ4v) is 2.46. The Bertz CT molecular complexity index is 728. The first-order valence-corrected chi connectivity index (χ1v) is 7.95. The third kappa shape index (κ3) is 5.31.